The molecule has 2 atom stereocenters. The quantitative estimate of drug-likeness (QED) is 0.362. The molecule has 178 valence electrons. The molecule has 1 aliphatic rings. The van der Waals surface area contributed by atoms with E-state index in [1.807, 2.05) is 42.1 Å². The zero-order valence-corrected chi connectivity index (χ0v) is 19.9. The number of benzene rings is 2. The Bertz CT molecular complexity index is 1390. The van der Waals surface area contributed by atoms with Crippen LogP contribution in [0.3, 0.4) is 0 Å². The number of anilines is 1. The van der Waals surface area contributed by atoms with Crippen LogP contribution in [-0.2, 0) is 18.4 Å². The predicted octanol–water partition coefficient (Wildman–Crippen LogP) is 5.71. The number of aliphatic carboxylic acids is 1. The van der Waals surface area contributed by atoms with Crippen molar-refractivity contribution in [3.05, 3.63) is 89.1 Å². The van der Waals surface area contributed by atoms with Crippen LogP contribution in [0.2, 0.25) is 0 Å². The number of rotatable bonds is 7. The molecule has 0 amide bonds. The number of carboxylic acid groups (broad SMARTS) is 1. The van der Waals surface area contributed by atoms with Crippen molar-refractivity contribution in [3.63, 3.8) is 0 Å². The van der Waals surface area contributed by atoms with E-state index in [0.29, 0.717) is 18.5 Å². The second-order valence-corrected chi connectivity index (χ2v) is 9.24. The number of halogens is 1. The van der Waals surface area contributed by atoms with Gasteiger partial charge in [-0.2, -0.15) is 5.10 Å². The Balaban J connectivity index is 1.34. The van der Waals surface area contributed by atoms with Gasteiger partial charge in [0.05, 0.1) is 23.5 Å². The van der Waals surface area contributed by atoms with E-state index in [9.17, 15) is 9.18 Å². The minimum absolute atomic E-state index is 0.00794. The number of aryl methyl sites for hydroxylation is 3. The number of nitrogens with zero attached hydrogens (tertiary/aromatic N) is 3. The second kappa shape index (κ2) is 8.98. The van der Waals surface area contributed by atoms with Crippen molar-refractivity contribution in [2.24, 2.45) is 13.0 Å². The van der Waals surface area contributed by atoms with Crippen molar-refractivity contribution in [1.82, 2.24) is 14.8 Å². The fourth-order valence-corrected chi connectivity index (χ4v) is 4.81. The highest BCUT2D eigenvalue weighted by atomic mass is 19.1. The van der Waals surface area contributed by atoms with Crippen molar-refractivity contribution in [2.45, 2.75) is 32.7 Å². The standard InChI is InChI=1S/C28H27FN4O2/c1-16-10-19(26-8-9-32-33(26)3)11-17(2)27(16)18-4-6-24(29)20(12-18)14-30-21-5-7-25(31-15-21)22-13-23(22)28(34)35/h4-12,15,22-23,30H,13-14H2,1-3H3,(H,34,35)/t22-,23-/m0/s1. The lowest BCUT2D eigenvalue weighted by Crippen LogP contribution is -2.04. The molecule has 0 radical (unpaired) electrons. The third-order valence-corrected chi connectivity index (χ3v) is 6.74. The number of carbonyl (C=O) groups is 1. The van der Waals surface area contributed by atoms with E-state index in [0.717, 1.165) is 44.9 Å². The molecule has 1 aliphatic carbocycles. The summed E-state index contributed by atoms with van der Waals surface area (Å²) in [6.45, 7) is 4.46. The summed E-state index contributed by atoms with van der Waals surface area (Å²) in [6.07, 6.45) is 4.10. The lowest BCUT2D eigenvalue weighted by molar-refractivity contribution is -0.138. The van der Waals surface area contributed by atoms with E-state index in [1.165, 1.54) is 6.07 Å². The normalized spacial score (nSPS) is 16.8. The second-order valence-electron chi connectivity index (χ2n) is 9.24. The van der Waals surface area contributed by atoms with Gasteiger partial charge in [0.15, 0.2) is 0 Å². The maximum Gasteiger partial charge on any atom is 0.307 e. The highest BCUT2D eigenvalue weighted by Gasteiger charge is 2.45. The first-order valence-corrected chi connectivity index (χ1v) is 11.6. The van der Waals surface area contributed by atoms with Gasteiger partial charge in [-0.3, -0.25) is 14.5 Å². The van der Waals surface area contributed by atoms with Gasteiger partial charge in [-0.1, -0.05) is 6.07 Å². The summed E-state index contributed by atoms with van der Waals surface area (Å²) in [4.78, 5) is 15.5. The SMILES string of the molecule is Cc1cc(-c2ccnn2C)cc(C)c1-c1ccc(F)c(CNc2ccc([C@H]3C[C@@H]3C(=O)O)nc2)c1. The van der Waals surface area contributed by atoms with Gasteiger partial charge in [-0.25, -0.2) is 4.39 Å². The van der Waals surface area contributed by atoms with Crippen LogP contribution >= 0.6 is 0 Å². The van der Waals surface area contributed by atoms with Crippen molar-refractivity contribution >= 4 is 11.7 Å². The maximum absolute atomic E-state index is 14.7. The van der Waals surface area contributed by atoms with Gasteiger partial charge in [0.25, 0.3) is 0 Å². The van der Waals surface area contributed by atoms with Crippen LogP contribution in [-0.4, -0.2) is 25.8 Å². The average molecular weight is 471 g/mol. The van der Waals surface area contributed by atoms with Crippen LogP contribution in [0.1, 0.15) is 34.7 Å². The zero-order chi connectivity index (χ0) is 24.7. The molecule has 0 saturated heterocycles. The minimum atomic E-state index is -0.772. The monoisotopic (exact) mass is 470 g/mol. The fraction of sp³-hybridized carbons (Fsp3) is 0.250. The summed E-state index contributed by atoms with van der Waals surface area (Å²) in [5, 5.41) is 16.6. The lowest BCUT2D eigenvalue weighted by atomic mass is 9.92. The molecule has 7 heteroatoms. The molecule has 1 saturated carbocycles. The first-order valence-electron chi connectivity index (χ1n) is 11.6. The van der Waals surface area contributed by atoms with Crippen LogP contribution in [0.5, 0.6) is 0 Å². The predicted molar refractivity (Wildman–Crippen MR) is 134 cm³/mol. The Kier molecular flexibility index (Phi) is 5.84. The molecule has 0 spiro atoms. The minimum Gasteiger partial charge on any atom is -0.481 e. The van der Waals surface area contributed by atoms with E-state index < -0.39 is 5.97 Å². The molecule has 2 aromatic heterocycles. The first-order chi connectivity index (χ1) is 16.8. The Morgan fingerprint density at radius 2 is 1.89 bits per heavy atom. The summed E-state index contributed by atoms with van der Waals surface area (Å²) >= 11 is 0. The highest BCUT2D eigenvalue weighted by molar-refractivity contribution is 5.76. The summed E-state index contributed by atoms with van der Waals surface area (Å²) in [5.41, 5.74) is 8.57. The highest BCUT2D eigenvalue weighted by Crippen LogP contribution is 2.46. The molecule has 4 aromatic rings. The molecule has 2 aromatic carbocycles. The molecule has 0 unspecified atom stereocenters. The Labute approximate surface area is 203 Å². The number of hydrogen-bond acceptors (Lipinski definition) is 4. The van der Waals surface area contributed by atoms with E-state index in [2.05, 4.69) is 41.4 Å². The first kappa shape index (κ1) is 22.8. The number of hydrogen-bond donors (Lipinski definition) is 2. The molecule has 6 nitrogen and oxygen atoms in total. The van der Waals surface area contributed by atoms with Gasteiger partial charge >= 0.3 is 5.97 Å². The molecule has 2 N–H and O–H groups in total. The smallest absolute Gasteiger partial charge is 0.307 e. The summed E-state index contributed by atoms with van der Waals surface area (Å²) in [7, 11) is 1.93. The van der Waals surface area contributed by atoms with Crippen molar-refractivity contribution < 1.29 is 14.3 Å². The molecular formula is C28H27FN4O2. The third kappa shape index (κ3) is 4.54. The summed E-state index contributed by atoms with van der Waals surface area (Å²) in [5.74, 6) is -1.38. The summed E-state index contributed by atoms with van der Waals surface area (Å²) < 4.78 is 16.5. The third-order valence-electron chi connectivity index (χ3n) is 6.74. The molecule has 0 aliphatic heterocycles. The van der Waals surface area contributed by atoms with E-state index >= 15 is 0 Å². The topological polar surface area (TPSA) is 80.0 Å². The van der Waals surface area contributed by atoms with Crippen LogP contribution in [0.15, 0.2) is 60.9 Å². The molecule has 5 rings (SSSR count). The largest absolute Gasteiger partial charge is 0.481 e. The lowest BCUT2D eigenvalue weighted by Gasteiger charge is -2.15. The van der Waals surface area contributed by atoms with Gasteiger partial charge < -0.3 is 10.4 Å². The molecule has 0 bridgehead atoms. The van der Waals surface area contributed by atoms with Crippen LogP contribution in [0.25, 0.3) is 22.4 Å². The Morgan fingerprint density at radius 3 is 2.49 bits per heavy atom. The van der Waals surface area contributed by atoms with Gasteiger partial charge in [0.2, 0.25) is 0 Å². The van der Waals surface area contributed by atoms with E-state index in [1.54, 1.807) is 12.4 Å². The number of nitrogens with one attached hydrogen (secondary N) is 1. The maximum atomic E-state index is 14.7. The fourth-order valence-electron chi connectivity index (χ4n) is 4.81. The average Bonchev–Trinajstić information content (AvgIpc) is 3.53. The van der Waals surface area contributed by atoms with Crippen LogP contribution in [0, 0.1) is 25.6 Å². The molecule has 2 heterocycles. The van der Waals surface area contributed by atoms with Crippen LogP contribution in [0.4, 0.5) is 10.1 Å². The molecule has 1 fully saturated rings. The zero-order valence-electron chi connectivity index (χ0n) is 19.9. The van der Waals surface area contributed by atoms with Gasteiger partial charge in [-0.05, 0) is 85.0 Å². The number of pyridine rings is 1. The van der Waals surface area contributed by atoms with Crippen molar-refractivity contribution in [3.8, 4) is 22.4 Å². The van der Waals surface area contributed by atoms with E-state index in [-0.39, 0.29) is 17.7 Å². The Morgan fingerprint density at radius 1 is 1.11 bits per heavy atom. The van der Waals surface area contributed by atoms with Crippen molar-refractivity contribution in [1.29, 1.82) is 0 Å². The van der Waals surface area contributed by atoms with Crippen LogP contribution < -0.4 is 5.32 Å². The number of carboxylic acids is 1. The van der Waals surface area contributed by atoms with Crippen molar-refractivity contribution in [2.75, 3.05) is 5.32 Å². The molecular weight excluding hydrogens is 443 g/mol. The van der Waals surface area contributed by atoms with Gasteiger partial charge in [0.1, 0.15) is 5.82 Å². The molecule has 35 heavy (non-hydrogen) atoms. The van der Waals surface area contributed by atoms with Gasteiger partial charge in [-0.15, -0.1) is 0 Å². The number of aromatic nitrogens is 3. The van der Waals surface area contributed by atoms with E-state index in [4.69, 9.17) is 5.11 Å². The van der Waals surface area contributed by atoms with Gasteiger partial charge in [0, 0.05) is 42.5 Å². The Hall–Kier alpha value is -4.00. The summed E-state index contributed by atoms with van der Waals surface area (Å²) in [6, 6.07) is 15.2.